The van der Waals surface area contributed by atoms with E-state index >= 15 is 0 Å². The Hall–Kier alpha value is -2.20. The fourth-order valence-corrected chi connectivity index (χ4v) is 6.35. The molecule has 2 aromatic carbocycles. The smallest absolute Gasteiger partial charge is 0.293 e. The summed E-state index contributed by atoms with van der Waals surface area (Å²) in [6.07, 6.45) is 0.618. The first kappa shape index (κ1) is 20.1. The monoisotopic (exact) mass is 468 g/mol. The molecule has 0 radical (unpaired) electrons. The van der Waals surface area contributed by atoms with Gasteiger partial charge in [-0.15, -0.1) is 10.2 Å². The van der Waals surface area contributed by atoms with Gasteiger partial charge >= 0.3 is 0 Å². The van der Waals surface area contributed by atoms with Gasteiger partial charge < -0.3 is 0 Å². The summed E-state index contributed by atoms with van der Waals surface area (Å²) < 4.78 is 27.5. The fourth-order valence-electron chi connectivity index (χ4n) is 3.19. The first-order chi connectivity index (χ1) is 13.8. The molecule has 7 nitrogen and oxygen atoms in total. The van der Waals surface area contributed by atoms with E-state index in [9.17, 15) is 13.2 Å². The number of anilines is 2. The molecule has 2 heterocycles. The maximum atomic E-state index is 13.2. The number of nitrogens with one attached hydrogen (secondary N) is 1. The number of benzene rings is 2. The molecule has 4 rings (SSSR count). The first-order valence-electron chi connectivity index (χ1n) is 8.49. The average Bonchev–Trinajstić information content (AvgIpc) is 3.25. The van der Waals surface area contributed by atoms with Crippen molar-refractivity contribution in [1.29, 1.82) is 0 Å². The predicted molar refractivity (Wildman–Crippen MR) is 114 cm³/mol. The Morgan fingerprint density at radius 1 is 1.21 bits per heavy atom. The lowest BCUT2D eigenvalue weighted by Crippen LogP contribution is -2.35. The molecule has 0 saturated carbocycles. The normalized spacial score (nSPS) is 16.0. The van der Waals surface area contributed by atoms with E-state index in [2.05, 4.69) is 15.5 Å². The summed E-state index contributed by atoms with van der Waals surface area (Å²) in [5, 5.41) is 10.8. The Morgan fingerprint density at radius 2 is 1.97 bits per heavy atom. The van der Waals surface area contributed by atoms with Crippen molar-refractivity contribution < 1.29 is 13.2 Å². The highest BCUT2D eigenvalue weighted by atomic mass is 35.5. The van der Waals surface area contributed by atoms with Crippen LogP contribution in [0.5, 0.6) is 0 Å². The molecule has 11 heteroatoms. The number of hydrogen-bond acceptors (Lipinski definition) is 6. The number of rotatable bonds is 4. The maximum Gasteiger partial charge on any atom is 0.293 e. The number of carbonyl (C=O) groups excluding carboxylic acids is 1. The Bertz CT molecular complexity index is 1210. The number of aromatic nitrogens is 2. The average molecular weight is 469 g/mol. The maximum absolute atomic E-state index is 13.2. The molecular formula is C18H14Cl2N4O3S2. The van der Waals surface area contributed by atoms with E-state index in [1.54, 1.807) is 12.1 Å². The van der Waals surface area contributed by atoms with Crippen molar-refractivity contribution >= 4 is 61.3 Å². The number of nitrogens with zero attached hydrogens (tertiary/aromatic N) is 3. The van der Waals surface area contributed by atoms with Crippen LogP contribution in [0.2, 0.25) is 10.0 Å². The van der Waals surface area contributed by atoms with Crippen LogP contribution in [-0.4, -0.2) is 30.6 Å². The zero-order valence-electron chi connectivity index (χ0n) is 15.0. The van der Waals surface area contributed by atoms with Gasteiger partial charge in [-0.25, -0.2) is 0 Å². The molecule has 1 aromatic heterocycles. The molecule has 0 saturated heterocycles. The number of para-hydroxylation sites is 1. The lowest BCUT2D eigenvalue weighted by Gasteiger charge is -2.22. The number of sulfonamides is 1. The Morgan fingerprint density at radius 3 is 2.72 bits per heavy atom. The summed E-state index contributed by atoms with van der Waals surface area (Å²) in [5.41, 5.74) is 1.78. The van der Waals surface area contributed by atoms with Crippen molar-refractivity contribution in [3.63, 3.8) is 0 Å². The van der Waals surface area contributed by atoms with E-state index in [0.717, 1.165) is 16.9 Å². The van der Waals surface area contributed by atoms with Crippen LogP contribution < -0.4 is 9.62 Å². The van der Waals surface area contributed by atoms with Crippen molar-refractivity contribution in [2.24, 2.45) is 0 Å². The zero-order chi connectivity index (χ0) is 20.8. The summed E-state index contributed by atoms with van der Waals surface area (Å²) in [4.78, 5) is 12.4. The lowest BCUT2D eigenvalue weighted by atomic mass is 10.1. The van der Waals surface area contributed by atoms with Gasteiger partial charge in [-0.1, -0.05) is 52.7 Å². The minimum atomic E-state index is -3.91. The van der Waals surface area contributed by atoms with E-state index < -0.39 is 15.9 Å². The summed E-state index contributed by atoms with van der Waals surface area (Å²) in [7, 11) is -3.91. The highest BCUT2D eigenvalue weighted by molar-refractivity contribution is 7.94. The lowest BCUT2D eigenvalue weighted by molar-refractivity contribution is 0.102. The highest BCUT2D eigenvalue weighted by Crippen LogP contribution is 2.37. The summed E-state index contributed by atoms with van der Waals surface area (Å²) >= 11 is 12.7. The molecule has 1 amide bonds. The van der Waals surface area contributed by atoms with E-state index in [-0.39, 0.29) is 26.1 Å². The van der Waals surface area contributed by atoms with E-state index in [1.165, 1.54) is 22.5 Å². The molecule has 1 aliphatic heterocycles. The van der Waals surface area contributed by atoms with Crippen molar-refractivity contribution in [1.82, 2.24) is 10.2 Å². The van der Waals surface area contributed by atoms with Crippen LogP contribution in [0.3, 0.4) is 0 Å². The summed E-state index contributed by atoms with van der Waals surface area (Å²) in [6, 6.07) is 11.5. The van der Waals surface area contributed by atoms with Crippen LogP contribution in [-0.2, 0) is 16.4 Å². The largest absolute Gasteiger partial charge is 0.296 e. The van der Waals surface area contributed by atoms with Gasteiger partial charge in [0.1, 0.15) is 0 Å². The first-order valence-corrected chi connectivity index (χ1v) is 11.5. The molecule has 0 spiro atoms. The van der Waals surface area contributed by atoms with Crippen molar-refractivity contribution in [3.8, 4) is 0 Å². The third kappa shape index (κ3) is 3.71. The quantitative estimate of drug-likeness (QED) is 0.578. The number of carbonyl (C=O) groups is 1. The minimum absolute atomic E-state index is 0.0553. The van der Waals surface area contributed by atoms with Crippen LogP contribution in [0.4, 0.5) is 10.8 Å². The Labute approximate surface area is 181 Å². The second-order valence-corrected chi connectivity index (χ2v) is 10.2. The molecule has 1 aliphatic rings. The van der Waals surface area contributed by atoms with Gasteiger partial charge in [0, 0.05) is 11.1 Å². The molecule has 0 fully saturated rings. The molecule has 1 atom stereocenters. The van der Waals surface area contributed by atoms with Gasteiger partial charge in [0.05, 0.1) is 16.3 Å². The molecule has 0 unspecified atom stereocenters. The number of fused-ring (bicyclic) bond motifs is 1. The van der Waals surface area contributed by atoms with Crippen LogP contribution in [0, 0.1) is 0 Å². The van der Waals surface area contributed by atoms with Crippen molar-refractivity contribution in [2.45, 2.75) is 23.7 Å². The van der Waals surface area contributed by atoms with Crippen LogP contribution >= 0.6 is 34.5 Å². The van der Waals surface area contributed by atoms with Crippen LogP contribution in [0.15, 0.2) is 46.8 Å². The van der Waals surface area contributed by atoms with E-state index in [0.29, 0.717) is 17.1 Å². The van der Waals surface area contributed by atoms with Gasteiger partial charge in [0.25, 0.3) is 20.3 Å². The van der Waals surface area contributed by atoms with E-state index in [1.807, 2.05) is 19.1 Å². The van der Waals surface area contributed by atoms with Gasteiger partial charge in [-0.05, 0) is 43.2 Å². The van der Waals surface area contributed by atoms with Gasteiger partial charge in [-0.3, -0.25) is 14.4 Å². The van der Waals surface area contributed by atoms with E-state index in [4.69, 9.17) is 23.2 Å². The number of hydrogen-bond donors (Lipinski definition) is 1. The van der Waals surface area contributed by atoms with Gasteiger partial charge in [0.15, 0.2) is 0 Å². The third-order valence-electron chi connectivity index (χ3n) is 4.43. The second-order valence-electron chi connectivity index (χ2n) is 6.43. The fraction of sp³-hybridized carbons (Fsp3) is 0.167. The second kappa shape index (κ2) is 7.56. The molecule has 0 bridgehead atoms. The standard InChI is InChI=1S/C18H14Cl2N4O3S2/c1-10-8-11-4-2-3-5-15(11)24(10)29(26,27)18-23-22-17(28-18)21-16(25)13-7-6-12(19)9-14(13)20/h2-7,9-10H,8H2,1H3,(H,21,22,25)/t10-/m1/s1. The summed E-state index contributed by atoms with van der Waals surface area (Å²) in [5.74, 6) is -0.536. The highest BCUT2D eigenvalue weighted by Gasteiger charge is 2.38. The molecule has 1 N–H and O–H groups in total. The molecule has 150 valence electrons. The van der Waals surface area contributed by atoms with Crippen molar-refractivity contribution in [3.05, 3.63) is 63.6 Å². The zero-order valence-corrected chi connectivity index (χ0v) is 18.1. The van der Waals surface area contributed by atoms with Crippen molar-refractivity contribution in [2.75, 3.05) is 9.62 Å². The van der Waals surface area contributed by atoms with Crippen LogP contribution in [0.25, 0.3) is 0 Å². The molecule has 29 heavy (non-hydrogen) atoms. The molecular weight excluding hydrogens is 455 g/mol. The molecule has 3 aromatic rings. The van der Waals surface area contributed by atoms with Gasteiger partial charge in [0.2, 0.25) is 5.13 Å². The number of amides is 1. The Kier molecular flexibility index (Phi) is 5.24. The van der Waals surface area contributed by atoms with Gasteiger partial charge in [-0.2, -0.15) is 8.42 Å². The predicted octanol–water partition coefficient (Wildman–Crippen LogP) is 4.24. The Balaban J connectivity index is 1.59. The number of halogens is 2. The third-order valence-corrected chi connectivity index (χ3v) is 8.09. The topological polar surface area (TPSA) is 92.3 Å². The molecule has 0 aliphatic carbocycles. The minimum Gasteiger partial charge on any atom is -0.296 e. The van der Waals surface area contributed by atoms with Crippen LogP contribution in [0.1, 0.15) is 22.8 Å². The SMILES string of the molecule is C[C@@H]1Cc2ccccc2N1S(=O)(=O)c1nnc(NC(=O)c2ccc(Cl)cc2Cl)s1. The summed E-state index contributed by atoms with van der Waals surface area (Å²) in [6.45, 7) is 1.84.